The zero-order valence-corrected chi connectivity index (χ0v) is 18.8. The van der Waals surface area contributed by atoms with Crippen LogP contribution in [0.4, 0.5) is 0 Å². The number of hydrogen-bond acceptors (Lipinski definition) is 4. The highest BCUT2D eigenvalue weighted by atomic mass is 32.2. The predicted octanol–water partition coefficient (Wildman–Crippen LogP) is 4.72. The molecule has 3 rings (SSSR count). The fourth-order valence-electron chi connectivity index (χ4n) is 3.37. The molecule has 0 unspecified atom stereocenters. The normalized spacial score (nSPS) is 12.3. The van der Waals surface area contributed by atoms with Gasteiger partial charge < -0.3 is 5.32 Å². The van der Waals surface area contributed by atoms with Gasteiger partial charge in [0.15, 0.2) is 5.16 Å². The van der Waals surface area contributed by atoms with E-state index in [0.29, 0.717) is 28.5 Å². The molecule has 0 saturated heterocycles. The van der Waals surface area contributed by atoms with Gasteiger partial charge in [-0.1, -0.05) is 74.5 Å². The first-order valence-corrected chi connectivity index (χ1v) is 11.4. The van der Waals surface area contributed by atoms with Crippen molar-refractivity contribution >= 4 is 28.6 Å². The fraction of sp³-hybridized carbons (Fsp3) is 0.375. The van der Waals surface area contributed by atoms with Gasteiger partial charge in [-0.05, 0) is 37.0 Å². The lowest BCUT2D eigenvalue weighted by atomic mass is 10.0. The van der Waals surface area contributed by atoms with Crippen LogP contribution in [0.1, 0.15) is 44.4 Å². The van der Waals surface area contributed by atoms with Crippen molar-refractivity contribution in [3.05, 3.63) is 70.0 Å². The Morgan fingerprint density at radius 2 is 1.83 bits per heavy atom. The number of aryl methyl sites for hydroxylation is 1. The number of nitrogens with one attached hydrogen (secondary N) is 1. The van der Waals surface area contributed by atoms with Gasteiger partial charge in [-0.2, -0.15) is 0 Å². The van der Waals surface area contributed by atoms with Gasteiger partial charge in [-0.25, -0.2) is 4.98 Å². The minimum absolute atomic E-state index is 0.0267. The number of aromatic nitrogens is 2. The summed E-state index contributed by atoms with van der Waals surface area (Å²) in [5.74, 6) is 0.446. The number of benzene rings is 2. The molecule has 2 aromatic carbocycles. The number of carbonyl (C=O) groups excluding carboxylic acids is 1. The monoisotopic (exact) mass is 423 g/mol. The Balaban J connectivity index is 1.77. The largest absolute Gasteiger partial charge is 0.349 e. The summed E-state index contributed by atoms with van der Waals surface area (Å²) >= 11 is 1.32. The van der Waals surface area contributed by atoms with E-state index < -0.39 is 0 Å². The molecule has 1 atom stereocenters. The molecule has 0 aliphatic heterocycles. The van der Waals surface area contributed by atoms with Crippen LogP contribution < -0.4 is 10.9 Å². The van der Waals surface area contributed by atoms with Gasteiger partial charge in [0.25, 0.3) is 5.56 Å². The fourth-order valence-corrected chi connectivity index (χ4v) is 4.19. The standard InChI is InChI=1S/C24H29N3O2S/c1-5-20(18-12-10-17(4)11-13-18)25-22(28)15-30-24-26-21-9-7-6-8-19(21)23(29)27(24)14-16(2)3/h6-13,16,20H,5,14-15H2,1-4H3,(H,25,28)/t20-/m1/s1. The molecular formula is C24H29N3O2S. The summed E-state index contributed by atoms with van der Waals surface area (Å²) in [6.07, 6.45) is 0.811. The lowest BCUT2D eigenvalue weighted by Gasteiger charge is -2.18. The molecular weight excluding hydrogens is 394 g/mol. The van der Waals surface area contributed by atoms with Crippen LogP contribution in [0.3, 0.4) is 0 Å². The van der Waals surface area contributed by atoms with Gasteiger partial charge in [-0.15, -0.1) is 0 Å². The van der Waals surface area contributed by atoms with Crippen molar-refractivity contribution in [3.8, 4) is 0 Å². The summed E-state index contributed by atoms with van der Waals surface area (Å²) in [7, 11) is 0. The molecule has 1 heterocycles. The molecule has 0 bridgehead atoms. The first-order valence-electron chi connectivity index (χ1n) is 10.4. The zero-order chi connectivity index (χ0) is 21.7. The quantitative estimate of drug-likeness (QED) is 0.421. The Bertz CT molecular complexity index is 1070. The second kappa shape index (κ2) is 9.94. The summed E-state index contributed by atoms with van der Waals surface area (Å²) in [6, 6.07) is 15.6. The molecule has 5 nitrogen and oxygen atoms in total. The van der Waals surface area contributed by atoms with Crippen LogP contribution in [-0.2, 0) is 11.3 Å². The molecule has 1 N–H and O–H groups in total. The van der Waals surface area contributed by atoms with Crippen molar-refractivity contribution in [2.45, 2.75) is 51.9 Å². The van der Waals surface area contributed by atoms with Gasteiger partial charge in [0.2, 0.25) is 5.91 Å². The summed E-state index contributed by atoms with van der Waals surface area (Å²) in [5.41, 5.74) is 2.91. The number of hydrogen-bond donors (Lipinski definition) is 1. The van der Waals surface area contributed by atoms with E-state index in [2.05, 4.69) is 55.3 Å². The Labute approximate surface area is 181 Å². The van der Waals surface area contributed by atoms with Crippen LogP contribution in [0.2, 0.25) is 0 Å². The van der Waals surface area contributed by atoms with Gasteiger partial charge in [0, 0.05) is 6.54 Å². The lowest BCUT2D eigenvalue weighted by Crippen LogP contribution is -2.30. The van der Waals surface area contributed by atoms with Gasteiger partial charge >= 0.3 is 0 Å². The van der Waals surface area contributed by atoms with E-state index in [1.165, 1.54) is 17.3 Å². The molecule has 30 heavy (non-hydrogen) atoms. The van der Waals surface area contributed by atoms with E-state index in [1.54, 1.807) is 10.6 Å². The molecule has 0 spiro atoms. The topological polar surface area (TPSA) is 64.0 Å². The number of carbonyl (C=O) groups is 1. The second-order valence-corrected chi connectivity index (χ2v) is 8.89. The van der Waals surface area contributed by atoms with Crippen molar-refractivity contribution in [1.82, 2.24) is 14.9 Å². The third-order valence-corrected chi connectivity index (χ3v) is 5.91. The van der Waals surface area contributed by atoms with E-state index >= 15 is 0 Å². The third kappa shape index (κ3) is 5.30. The Morgan fingerprint density at radius 3 is 2.50 bits per heavy atom. The van der Waals surface area contributed by atoms with E-state index in [9.17, 15) is 9.59 Å². The van der Waals surface area contributed by atoms with Crippen molar-refractivity contribution < 1.29 is 4.79 Å². The SMILES string of the molecule is CC[C@@H](NC(=O)CSc1nc2ccccc2c(=O)n1CC(C)C)c1ccc(C)cc1. The smallest absolute Gasteiger partial charge is 0.262 e. The van der Waals surface area contributed by atoms with E-state index in [0.717, 1.165) is 12.0 Å². The van der Waals surface area contributed by atoms with Crippen molar-refractivity contribution in [1.29, 1.82) is 0 Å². The summed E-state index contributed by atoms with van der Waals surface area (Å²) < 4.78 is 1.70. The number of amides is 1. The van der Waals surface area contributed by atoms with Crippen LogP contribution in [0.25, 0.3) is 10.9 Å². The summed E-state index contributed by atoms with van der Waals surface area (Å²) in [6.45, 7) is 8.81. The van der Waals surface area contributed by atoms with Crippen LogP contribution in [0, 0.1) is 12.8 Å². The van der Waals surface area contributed by atoms with E-state index in [4.69, 9.17) is 0 Å². The molecule has 0 radical (unpaired) electrons. The second-order valence-electron chi connectivity index (χ2n) is 7.95. The molecule has 3 aromatic rings. The maximum atomic E-state index is 13.0. The van der Waals surface area contributed by atoms with E-state index in [1.807, 2.05) is 25.1 Å². The highest BCUT2D eigenvalue weighted by Gasteiger charge is 2.16. The number of rotatable bonds is 8. The average Bonchev–Trinajstić information content (AvgIpc) is 2.73. The predicted molar refractivity (Wildman–Crippen MR) is 124 cm³/mol. The Kier molecular flexibility index (Phi) is 7.32. The van der Waals surface area contributed by atoms with Crippen molar-refractivity contribution in [3.63, 3.8) is 0 Å². The van der Waals surface area contributed by atoms with Crippen LogP contribution >= 0.6 is 11.8 Å². The van der Waals surface area contributed by atoms with Crippen LogP contribution in [-0.4, -0.2) is 21.2 Å². The van der Waals surface area contributed by atoms with Crippen molar-refractivity contribution in [2.24, 2.45) is 5.92 Å². The number of thioether (sulfide) groups is 1. The average molecular weight is 424 g/mol. The Morgan fingerprint density at radius 1 is 1.13 bits per heavy atom. The number of nitrogens with zero attached hydrogens (tertiary/aromatic N) is 2. The summed E-state index contributed by atoms with van der Waals surface area (Å²) in [4.78, 5) is 30.3. The number of para-hydroxylation sites is 1. The number of fused-ring (bicyclic) bond motifs is 1. The zero-order valence-electron chi connectivity index (χ0n) is 18.0. The lowest BCUT2D eigenvalue weighted by molar-refractivity contribution is -0.119. The van der Waals surface area contributed by atoms with E-state index in [-0.39, 0.29) is 23.3 Å². The van der Waals surface area contributed by atoms with Crippen LogP contribution in [0.15, 0.2) is 58.5 Å². The maximum Gasteiger partial charge on any atom is 0.262 e. The minimum atomic E-state index is -0.0640. The molecule has 0 aliphatic rings. The molecule has 0 aliphatic carbocycles. The molecule has 0 fully saturated rings. The molecule has 1 aromatic heterocycles. The summed E-state index contributed by atoms with van der Waals surface area (Å²) in [5, 5.41) is 4.31. The molecule has 6 heteroatoms. The van der Waals surface area contributed by atoms with Gasteiger partial charge in [0.1, 0.15) is 0 Å². The van der Waals surface area contributed by atoms with Crippen molar-refractivity contribution in [2.75, 3.05) is 5.75 Å². The highest BCUT2D eigenvalue weighted by Crippen LogP contribution is 2.21. The first-order chi connectivity index (χ1) is 14.4. The maximum absolute atomic E-state index is 13.0. The van der Waals surface area contributed by atoms with Gasteiger partial charge in [0.05, 0.1) is 22.7 Å². The third-order valence-electron chi connectivity index (χ3n) is 4.93. The van der Waals surface area contributed by atoms with Gasteiger partial charge in [-0.3, -0.25) is 14.2 Å². The highest BCUT2D eigenvalue weighted by molar-refractivity contribution is 7.99. The molecule has 158 valence electrons. The molecule has 1 amide bonds. The first kappa shape index (κ1) is 22.1. The van der Waals surface area contributed by atoms with Crippen LogP contribution in [0.5, 0.6) is 0 Å². The molecule has 0 saturated carbocycles. The Hall–Kier alpha value is -2.60. The minimum Gasteiger partial charge on any atom is -0.349 e.